The van der Waals surface area contributed by atoms with E-state index in [-0.39, 0.29) is 11.3 Å². The fourth-order valence-corrected chi connectivity index (χ4v) is 3.49. The lowest BCUT2D eigenvalue weighted by Gasteiger charge is -2.39. The van der Waals surface area contributed by atoms with Crippen molar-refractivity contribution in [3.05, 3.63) is 0 Å². The molecule has 0 saturated carbocycles. The number of nitrogens with zero attached hydrogens (tertiary/aromatic N) is 1. The molecule has 2 fully saturated rings. The first-order chi connectivity index (χ1) is 9.54. The summed E-state index contributed by atoms with van der Waals surface area (Å²) in [6, 6.07) is 0.340. The zero-order chi connectivity index (χ0) is 14.6. The lowest BCUT2D eigenvalue weighted by molar-refractivity contribution is -0.133. The maximum Gasteiger partial charge on any atom is 0.226 e. The highest BCUT2D eigenvalue weighted by Gasteiger charge is 2.38. The van der Waals surface area contributed by atoms with Crippen LogP contribution in [0.3, 0.4) is 0 Å². The van der Waals surface area contributed by atoms with Crippen molar-refractivity contribution in [2.75, 3.05) is 32.7 Å². The highest BCUT2D eigenvalue weighted by Crippen LogP contribution is 2.32. The van der Waals surface area contributed by atoms with Crippen molar-refractivity contribution in [2.45, 2.75) is 52.5 Å². The second-order valence-corrected chi connectivity index (χ2v) is 6.97. The Morgan fingerprint density at radius 1 is 1.35 bits per heavy atom. The van der Waals surface area contributed by atoms with E-state index in [0.717, 1.165) is 32.6 Å². The molecule has 0 bridgehead atoms. The van der Waals surface area contributed by atoms with E-state index in [9.17, 15) is 4.79 Å². The van der Waals surface area contributed by atoms with E-state index >= 15 is 0 Å². The summed E-state index contributed by atoms with van der Waals surface area (Å²) in [5, 5.41) is 6.74. The minimum atomic E-state index is -0.262. The molecule has 2 N–H and O–H groups in total. The standard InChI is InChI=1S/C16H31N3O/c1-4-19-10-6-8-14(12-19)18-15(20)16(2,3)13-7-5-9-17-11-13/h13-14,17H,4-12H2,1-3H3,(H,18,20). The van der Waals surface area contributed by atoms with Crippen LogP contribution in [0.4, 0.5) is 0 Å². The van der Waals surface area contributed by atoms with Crippen molar-refractivity contribution in [1.29, 1.82) is 0 Å². The van der Waals surface area contributed by atoms with Crippen molar-refractivity contribution in [2.24, 2.45) is 11.3 Å². The van der Waals surface area contributed by atoms with Gasteiger partial charge in [-0.1, -0.05) is 20.8 Å². The van der Waals surface area contributed by atoms with Gasteiger partial charge in [0.25, 0.3) is 0 Å². The van der Waals surface area contributed by atoms with Crippen LogP contribution in [-0.2, 0) is 4.79 Å². The molecule has 0 aromatic heterocycles. The van der Waals surface area contributed by atoms with Gasteiger partial charge in [-0.2, -0.15) is 0 Å². The van der Waals surface area contributed by atoms with E-state index < -0.39 is 0 Å². The average molecular weight is 281 g/mol. The second kappa shape index (κ2) is 6.90. The van der Waals surface area contributed by atoms with Crippen LogP contribution in [0, 0.1) is 11.3 Å². The van der Waals surface area contributed by atoms with E-state index in [1.807, 2.05) is 0 Å². The smallest absolute Gasteiger partial charge is 0.226 e. The normalized spacial score (nSPS) is 29.1. The monoisotopic (exact) mass is 281 g/mol. The van der Waals surface area contributed by atoms with Gasteiger partial charge in [-0.25, -0.2) is 0 Å². The number of hydrogen-bond acceptors (Lipinski definition) is 3. The number of amides is 1. The predicted molar refractivity (Wildman–Crippen MR) is 82.7 cm³/mol. The minimum Gasteiger partial charge on any atom is -0.352 e. The molecule has 0 spiro atoms. The molecule has 4 nitrogen and oxygen atoms in total. The van der Waals surface area contributed by atoms with Gasteiger partial charge in [0, 0.05) is 18.0 Å². The lowest BCUT2D eigenvalue weighted by atomic mass is 9.74. The molecule has 0 aromatic carbocycles. The number of nitrogens with one attached hydrogen (secondary N) is 2. The molecule has 1 amide bonds. The third kappa shape index (κ3) is 3.73. The fourth-order valence-electron chi connectivity index (χ4n) is 3.49. The molecule has 0 aliphatic carbocycles. The summed E-state index contributed by atoms with van der Waals surface area (Å²) < 4.78 is 0. The Morgan fingerprint density at radius 2 is 2.15 bits per heavy atom. The van der Waals surface area contributed by atoms with Crippen LogP contribution >= 0.6 is 0 Å². The molecule has 20 heavy (non-hydrogen) atoms. The van der Waals surface area contributed by atoms with Crippen LogP contribution < -0.4 is 10.6 Å². The molecule has 2 unspecified atom stereocenters. The SMILES string of the molecule is CCN1CCCC(NC(=O)C(C)(C)C2CCCNC2)C1. The molecule has 2 aliphatic heterocycles. The number of likely N-dealkylation sites (N-methyl/N-ethyl adjacent to an activating group) is 1. The van der Waals surface area contributed by atoms with Gasteiger partial charge in [0.15, 0.2) is 0 Å². The Labute approximate surface area is 123 Å². The van der Waals surface area contributed by atoms with Gasteiger partial charge in [0.05, 0.1) is 0 Å². The molecule has 0 radical (unpaired) electrons. The predicted octanol–water partition coefficient (Wildman–Crippen LogP) is 1.61. The highest BCUT2D eigenvalue weighted by atomic mass is 16.2. The molecule has 2 heterocycles. The summed E-state index contributed by atoms with van der Waals surface area (Å²) in [6.45, 7) is 11.8. The first-order valence-electron chi connectivity index (χ1n) is 8.28. The van der Waals surface area contributed by atoms with Crippen molar-refractivity contribution in [1.82, 2.24) is 15.5 Å². The molecule has 4 heteroatoms. The maximum absolute atomic E-state index is 12.7. The average Bonchev–Trinajstić information content (AvgIpc) is 2.48. The second-order valence-electron chi connectivity index (χ2n) is 6.97. The first kappa shape index (κ1) is 15.8. The van der Waals surface area contributed by atoms with Crippen molar-refractivity contribution < 1.29 is 4.79 Å². The van der Waals surface area contributed by atoms with E-state index in [2.05, 4.69) is 36.3 Å². The van der Waals surface area contributed by atoms with Gasteiger partial charge in [-0.3, -0.25) is 4.79 Å². The van der Waals surface area contributed by atoms with Crippen LogP contribution in [0.25, 0.3) is 0 Å². The summed E-state index contributed by atoms with van der Waals surface area (Å²) in [7, 11) is 0. The summed E-state index contributed by atoms with van der Waals surface area (Å²) in [5.74, 6) is 0.705. The molecule has 2 rings (SSSR count). The van der Waals surface area contributed by atoms with Gasteiger partial charge >= 0.3 is 0 Å². The van der Waals surface area contributed by atoms with E-state index in [0.29, 0.717) is 12.0 Å². The lowest BCUT2D eigenvalue weighted by Crippen LogP contribution is -2.53. The van der Waals surface area contributed by atoms with Gasteiger partial charge in [0.2, 0.25) is 5.91 Å². The van der Waals surface area contributed by atoms with Crippen LogP contribution in [-0.4, -0.2) is 49.6 Å². The number of carbonyl (C=O) groups excluding carboxylic acids is 1. The van der Waals surface area contributed by atoms with Crippen LogP contribution in [0.2, 0.25) is 0 Å². The third-order valence-corrected chi connectivity index (χ3v) is 5.19. The zero-order valence-corrected chi connectivity index (χ0v) is 13.4. The quantitative estimate of drug-likeness (QED) is 0.823. The number of rotatable bonds is 4. The van der Waals surface area contributed by atoms with Gasteiger partial charge in [0.1, 0.15) is 0 Å². The maximum atomic E-state index is 12.7. The Kier molecular flexibility index (Phi) is 5.44. The molecule has 0 aromatic rings. The van der Waals surface area contributed by atoms with E-state index in [1.54, 1.807) is 0 Å². The molecule has 116 valence electrons. The topological polar surface area (TPSA) is 44.4 Å². The number of carbonyl (C=O) groups is 1. The molecule has 2 saturated heterocycles. The number of likely N-dealkylation sites (tertiary alicyclic amines) is 1. The molecule has 2 aliphatic rings. The minimum absolute atomic E-state index is 0.245. The summed E-state index contributed by atoms with van der Waals surface area (Å²) >= 11 is 0. The van der Waals surface area contributed by atoms with Crippen LogP contribution in [0.5, 0.6) is 0 Å². The zero-order valence-electron chi connectivity index (χ0n) is 13.4. The van der Waals surface area contributed by atoms with Crippen molar-refractivity contribution in [3.8, 4) is 0 Å². The Hall–Kier alpha value is -0.610. The summed E-state index contributed by atoms with van der Waals surface area (Å²) in [6.07, 6.45) is 4.68. The van der Waals surface area contributed by atoms with Crippen molar-refractivity contribution >= 4 is 5.91 Å². The van der Waals surface area contributed by atoms with Gasteiger partial charge in [-0.15, -0.1) is 0 Å². The molecule has 2 atom stereocenters. The Morgan fingerprint density at radius 3 is 2.80 bits per heavy atom. The van der Waals surface area contributed by atoms with Crippen LogP contribution in [0.15, 0.2) is 0 Å². The van der Waals surface area contributed by atoms with Crippen LogP contribution in [0.1, 0.15) is 46.5 Å². The fraction of sp³-hybridized carbons (Fsp3) is 0.938. The van der Waals surface area contributed by atoms with Gasteiger partial charge < -0.3 is 15.5 Å². The Balaban J connectivity index is 1.89. The molecular weight excluding hydrogens is 250 g/mol. The van der Waals surface area contributed by atoms with E-state index in [1.165, 1.54) is 25.8 Å². The number of hydrogen-bond donors (Lipinski definition) is 2. The molecular formula is C16H31N3O. The summed E-state index contributed by atoms with van der Waals surface area (Å²) in [4.78, 5) is 15.1. The highest BCUT2D eigenvalue weighted by molar-refractivity contribution is 5.82. The van der Waals surface area contributed by atoms with E-state index in [4.69, 9.17) is 0 Å². The number of piperidine rings is 2. The largest absolute Gasteiger partial charge is 0.352 e. The summed E-state index contributed by atoms with van der Waals surface area (Å²) in [5.41, 5.74) is -0.262. The van der Waals surface area contributed by atoms with Gasteiger partial charge in [-0.05, 0) is 57.8 Å². The first-order valence-corrected chi connectivity index (χ1v) is 8.28. The Bertz CT molecular complexity index is 324. The van der Waals surface area contributed by atoms with Crippen molar-refractivity contribution in [3.63, 3.8) is 0 Å². The third-order valence-electron chi connectivity index (χ3n) is 5.19.